The van der Waals surface area contributed by atoms with Gasteiger partial charge in [-0.05, 0) is 55.8 Å². The maximum atomic E-state index is 12.2. The average Bonchev–Trinajstić information content (AvgIpc) is 3.07. The fraction of sp³-hybridized carbons (Fsp3) is 0.238. The Kier molecular flexibility index (Phi) is 7.12. The molecular formula is C21H21ClN4O3S. The van der Waals surface area contributed by atoms with E-state index in [4.69, 9.17) is 16.3 Å². The van der Waals surface area contributed by atoms with Gasteiger partial charge >= 0.3 is 0 Å². The quantitative estimate of drug-likeness (QED) is 0.412. The lowest BCUT2D eigenvalue weighted by Crippen LogP contribution is -2.14. The third-order valence-corrected chi connectivity index (χ3v) is 5.61. The topological polar surface area (TPSA) is 86.1 Å². The number of carbonyl (C=O) groups excluding carboxylic acids is 2. The van der Waals surface area contributed by atoms with E-state index >= 15 is 0 Å². The van der Waals surface area contributed by atoms with E-state index in [1.807, 2.05) is 26.1 Å². The van der Waals surface area contributed by atoms with Crippen molar-refractivity contribution in [2.45, 2.75) is 25.6 Å². The molecule has 3 rings (SSSR count). The summed E-state index contributed by atoms with van der Waals surface area (Å²) in [4.78, 5) is 23.5. The molecule has 0 atom stereocenters. The van der Waals surface area contributed by atoms with Crippen LogP contribution >= 0.6 is 23.4 Å². The molecule has 0 bridgehead atoms. The summed E-state index contributed by atoms with van der Waals surface area (Å²) in [5.41, 5.74) is 2.28. The second-order valence-electron chi connectivity index (χ2n) is 6.65. The number of hydrogen-bond donors (Lipinski definition) is 1. The van der Waals surface area contributed by atoms with E-state index in [-0.39, 0.29) is 24.1 Å². The van der Waals surface area contributed by atoms with Crippen LogP contribution in [0, 0.1) is 6.92 Å². The normalized spacial score (nSPS) is 10.7. The molecular weight excluding hydrogens is 424 g/mol. The van der Waals surface area contributed by atoms with Gasteiger partial charge in [0, 0.05) is 18.3 Å². The van der Waals surface area contributed by atoms with Gasteiger partial charge in [0.25, 0.3) is 0 Å². The van der Waals surface area contributed by atoms with Crippen molar-refractivity contribution in [3.8, 4) is 5.75 Å². The highest BCUT2D eigenvalue weighted by Crippen LogP contribution is 2.26. The third kappa shape index (κ3) is 5.61. The first-order valence-corrected chi connectivity index (χ1v) is 10.5. The summed E-state index contributed by atoms with van der Waals surface area (Å²) in [5.74, 6) is 1.18. The molecule has 0 aliphatic rings. The molecule has 9 heteroatoms. The van der Waals surface area contributed by atoms with Crippen LogP contribution in [0.2, 0.25) is 5.02 Å². The molecule has 3 aromatic rings. The van der Waals surface area contributed by atoms with Crippen LogP contribution in [0.1, 0.15) is 28.7 Å². The fourth-order valence-corrected chi connectivity index (χ4v) is 3.48. The number of aryl methyl sites for hydroxylation is 1. The molecule has 0 saturated heterocycles. The van der Waals surface area contributed by atoms with Crippen LogP contribution in [-0.2, 0) is 18.4 Å². The van der Waals surface area contributed by atoms with Gasteiger partial charge in [-0.15, -0.1) is 10.2 Å². The second kappa shape index (κ2) is 9.77. The smallest absolute Gasteiger partial charge is 0.234 e. The fourth-order valence-electron chi connectivity index (χ4n) is 2.58. The molecule has 2 aromatic carbocycles. The summed E-state index contributed by atoms with van der Waals surface area (Å²) in [6.45, 7) is 3.67. The molecule has 30 heavy (non-hydrogen) atoms. The lowest BCUT2D eigenvalue weighted by Gasteiger charge is -2.09. The van der Waals surface area contributed by atoms with Gasteiger partial charge in [-0.25, -0.2) is 0 Å². The lowest BCUT2D eigenvalue weighted by atomic mass is 10.1. The number of aromatic nitrogens is 3. The van der Waals surface area contributed by atoms with E-state index in [2.05, 4.69) is 15.5 Å². The zero-order valence-corrected chi connectivity index (χ0v) is 18.4. The SMILES string of the molecule is CC(=O)c1ccc(NC(=O)CSc2nnc(COc3cc(C)ccc3Cl)n2C)cc1. The van der Waals surface area contributed by atoms with Gasteiger partial charge in [0.2, 0.25) is 5.91 Å². The number of benzene rings is 2. The van der Waals surface area contributed by atoms with Crippen LogP contribution in [0.5, 0.6) is 5.75 Å². The van der Waals surface area contributed by atoms with Crippen LogP contribution < -0.4 is 10.1 Å². The molecule has 0 saturated carbocycles. The molecule has 156 valence electrons. The van der Waals surface area contributed by atoms with Crippen LogP contribution in [-0.4, -0.2) is 32.2 Å². The Hall–Kier alpha value is -2.84. The minimum absolute atomic E-state index is 0.0184. The minimum atomic E-state index is -0.178. The van der Waals surface area contributed by atoms with Gasteiger partial charge in [0.1, 0.15) is 12.4 Å². The van der Waals surface area contributed by atoms with E-state index in [1.165, 1.54) is 18.7 Å². The number of anilines is 1. The minimum Gasteiger partial charge on any atom is -0.484 e. The standard InChI is InChI=1S/C21H21ClN4O3S/c1-13-4-9-17(22)18(10-13)29-11-19-24-25-21(26(19)3)30-12-20(28)23-16-7-5-15(6-8-16)14(2)27/h4-10H,11-12H2,1-3H3,(H,23,28). The van der Waals surface area contributed by atoms with Gasteiger partial charge in [-0.1, -0.05) is 29.4 Å². The van der Waals surface area contributed by atoms with E-state index < -0.39 is 0 Å². The molecule has 0 unspecified atom stereocenters. The first-order valence-electron chi connectivity index (χ1n) is 9.14. The number of ketones is 1. The molecule has 0 fully saturated rings. The summed E-state index contributed by atoms with van der Waals surface area (Å²) < 4.78 is 7.54. The molecule has 0 aliphatic carbocycles. The zero-order valence-electron chi connectivity index (χ0n) is 16.8. The van der Waals surface area contributed by atoms with E-state index in [9.17, 15) is 9.59 Å². The maximum Gasteiger partial charge on any atom is 0.234 e. The number of nitrogens with zero attached hydrogens (tertiary/aromatic N) is 3. The number of amides is 1. The number of halogens is 1. The highest BCUT2D eigenvalue weighted by atomic mass is 35.5. The number of carbonyl (C=O) groups is 2. The van der Waals surface area contributed by atoms with Crippen molar-refractivity contribution in [1.29, 1.82) is 0 Å². The first kappa shape index (κ1) is 21.9. The molecule has 0 radical (unpaired) electrons. The second-order valence-corrected chi connectivity index (χ2v) is 8.00. The first-order chi connectivity index (χ1) is 14.3. The predicted molar refractivity (Wildman–Crippen MR) is 117 cm³/mol. The van der Waals surface area contributed by atoms with Crippen molar-refractivity contribution in [2.75, 3.05) is 11.1 Å². The van der Waals surface area contributed by atoms with Crippen LogP contribution in [0.25, 0.3) is 0 Å². The van der Waals surface area contributed by atoms with Gasteiger partial charge < -0.3 is 14.6 Å². The van der Waals surface area contributed by atoms with Crippen LogP contribution in [0.15, 0.2) is 47.6 Å². The summed E-state index contributed by atoms with van der Waals surface area (Å²) in [6.07, 6.45) is 0. The van der Waals surface area contributed by atoms with Gasteiger partial charge in [-0.2, -0.15) is 0 Å². The highest BCUT2D eigenvalue weighted by molar-refractivity contribution is 7.99. The molecule has 1 amide bonds. The van der Waals surface area contributed by atoms with Crippen LogP contribution in [0.3, 0.4) is 0 Å². The van der Waals surface area contributed by atoms with E-state index in [0.29, 0.717) is 33.0 Å². The van der Waals surface area contributed by atoms with Crippen molar-refractivity contribution in [3.05, 3.63) is 64.4 Å². The van der Waals surface area contributed by atoms with Crippen molar-refractivity contribution in [2.24, 2.45) is 7.05 Å². The highest BCUT2D eigenvalue weighted by Gasteiger charge is 2.13. The Morgan fingerprint density at radius 1 is 1.17 bits per heavy atom. The third-order valence-electron chi connectivity index (χ3n) is 4.28. The summed E-state index contributed by atoms with van der Waals surface area (Å²) >= 11 is 7.42. The Bertz CT molecular complexity index is 1070. The summed E-state index contributed by atoms with van der Waals surface area (Å²) in [7, 11) is 1.82. The Morgan fingerprint density at radius 3 is 2.60 bits per heavy atom. The Morgan fingerprint density at radius 2 is 1.90 bits per heavy atom. The number of nitrogens with one attached hydrogen (secondary N) is 1. The van der Waals surface area contributed by atoms with Crippen molar-refractivity contribution < 1.29 is 14.3 Å². The van der Waals surface area contributed by atoms with Gasteiger partial charge in [-0.3, -0.25) is 9.59 Å². The number of ether oxygens (including phenoxy) is 1. The number of rotatable bonds is 8. The van der Waals surface area contributed by atoms with Crippen molar-refractivity contribution in [3.63, 3.8) is 0 Å². The monoisotopic (exact) mass is 444 g/mol. The zero-order chi connectivity index (χ0) is 21.7. The molecule has 7 nitrogen and oxygen atoms in total. The number of Topliss-reactive ketones (excluding diaryl/α,β-unsaturated/α-hetero) is 1. The average molecular weight is 445 g/mol. The molecule has 0 aliphatic heterocycles. The van der Waals surface area contributed by atoms with Crippen molar-refractivity contribution >= 4 is 40.7 Å². The van der Waals surface area contributed by atoms with Gasteiger partial charge in [0.05, 0.1) is 10.8 Å². The number of hydrogen-bond acceptors (Lipinski definition) is 6. The van der Waals surface area contributed by atoms with Gasteiger partial charge in [0.15, 0.2) is 16.8 Å². The summed E-state index contributed by atoms with van der Waals surface area (Å²) in [6, 6.07) is 12.3. The maximum absolute atomic E-state index is 12.2. The largest absolute Gasteiger partial charge is 0.484 e. The molecule has 1 N–H and O–H groups in total. The predicted octanol–water partition coefficient (Wildman–Crippen LogP) is 4.29. The lowest BCUT2D eigenvalue weighted by molar-refractivity contribution is -0.113. The van der Waals surface area contributed by atoms with Crippen LogP contribution in [0.4, 0.5) is 5.69 Å². The van der Waals surface area contributed by atoms with E-state index in [0.717, 1.165) is 5.56 Å². The summed E-state index contributed by atoms with van der Waals surface area (Å²) in [5, 5.41) is 12.2. The Balaban J connectivity index is 1.53. The molecule has 1 aromatic heterocycles. The Labute approximate surface area is 183 Å². The molecule has 1 heterocycles. The number of thioether (sulfide) groups is 1. The van der Waals surface area contributed by atoms with Crippen molar-refractivity contribution in [1.82, 2.24) is 14.8 Å². The molecule has 0 spiro atoms. The van der Waals surface area contributed by atoms with E-state index in [1.54, 1.807) is 34.9 Å².